The second-order valence-electron chi connectivity index (χ2n) is 4.87. The Morgan fingerprint density at radius 3 is 3.05 bits per heavy atom. The van der Waals surface area contributed by atoms with Crippen LogP contribution >= 0.6 is 0 Å². The van der Waals surface area contributed by atoms with Gasteiger partial charge in [-0.2, -0.15) is 0 Å². The Hall–Kier alpha value is -1.59. The van der Waals surface area contributed by atoms with Gasteiger partial charge in [0.1, 0.15) is 6.61 Å². The number of benzene rings is 1. The molecule has 2 heterocycles. The summed E-state index contributed by atoms with van der Waals surface area (Å²) in [4.78, 5) is 13.9. The molecule has 19 heavy (non-hydrogen) atoms. The third-order valence-corrected chi connectivity index (χ3v) is 3.63. The molecule has 5 nitrogen and oxygen atoms in total. The molecule has 5 heteroatoms. The Kier molecular flexibility index (Phi) is 3.66. The fraction of sp³-hybridized carbons (Fsp3) is 0.500. The van der Waals surface area contributed by atoms with Crippen LogP contribution in [0.25, 0.3) is 0 Å². The van der Waals surface area contributed by atoms with Gasteiger partial charge in [-0.05, 0) is 5.56 Å². The van der Waals surface area contributed by atoms with Crippen molar-refractivity contribution in [2.45, 2.75) is 18.8 Å². The SMILES string of the molecule is O=C(OCc1ccccc1)N1CCOC2CNCC21. The van der Waals surface area contributed by atoms with Crippen LogP contribution in [-0.4, -0.2) is 49.4 Å². The van der Waals surface area contributed by atoms with Crippen LogP contribution in [0.3, 0.4) is 0 Å². The monoisotopic (exact) mass is 262 g/mol. The molecule has 2 saturated heterocycles. The number of hydrogen-bond acceptors (Lipinski definition) is 4. The lowest BCUT2D eigenvalue weighted by molar-refractivity contribution is -0.0441. The molecular formula is C14H18N2O3. The van der Waals surface area contributed by atoms with E-state index < -0.39 is 0 Å². The largest absolute Gasteiger partial charge is 0.445 e. The number of nitrogens with zero attached hydrogens (tertiary/aromatic N) is 1. The van der Waals surface area contributed by atoms with Gasteiger partial charge in [0.15, 0.2) is 0 Å². The van der Waals surface area contributed by atoms with Crippen molar-refractivity contribution in [1.29, 1.82) is 0 Å². The van der Waals surface area contributed by atoms with E-state index in [0.717, 1.165) is 18.7 Å². The van der Waals surface area contributed by atoms with Crippen LogP contribution in [0.1, 0.15) is 5.56 Å². The maximum absolute atomic E-state index is 12.1. The molecule has 1 N–H and O–H groups in total. The molecule has 0 bridgehead atoms. The molecule has 102 valence electrons. The van der Waals surface area contributed by atoms with Gasteiger partial charge in [0.2, 0.25) is 0 Å². The first kappa shape index (κ1) is 12.4. The highest BCUT2D eigenvalue weighted by molar-refractivity contribution is 5.68. The van der Waals surface area contributed by atoms with E-state index in [1.165, 1.54) is 0 Å². The highest BCUT2D eigenvalue weighted by Crippen LogP contribution is 2.18. The van der Waals surface area contributed by atoms with Gasteiger partial charge in [-0.15, -0.1) is 0 Å². The smallest absolute Gasteiger partial charge is 0.410 e. The molecule has 0 aliphatic carbocycles. The molecule has 0 saturated carbocycles. The van der Waals surface area contributed by atoms with Crippen LogP contribution in [0.4, 0.5) is 4.79 Å². The van der Waals surface area contributed by atoms with Crippen molar-refractivity contribution < 1.29 is 14.3 Å². The van der Waals surface area contributed by atoms with E-state index in [9.17, 15) is 4.79 Å². The number of carbonyl (C=O) groups excluding carboxylic acids is 1. The Bertz CT molecular complexity index is 438. The Morgan fingerprint density at radius 2 is 2.21 bits per heavy atom. The number of amides is 1. The summed E-state index contributed by atoms with van der Waals surface area (Å²) in [7, 11) is 0. The number of hydrogen-bond donors (Lipinski definition) is 1. The summed E-state index contributed by atoms with van der Waals surface area (Å²) in [6.45, 7) is 3.11. The summed E-state index contributed by atoms with van der Waals surface area (Å²) in [6, 6.07) is 9.84. The zero-order chi connectivity index (χ0) is 13.1. The standard InChI is InChI=1S/C14H18N2O3/c17-14(19-10-11-4-2-1-3-5-11)16-6-7-18-13-9-15-8-12(13)16/h1-5,12-13,15H,6-10H2. The van der Waals surface area contributed by atoms with Crippen LogP contribution < -0.4 is 5.32 Å². The minimum absolute atomic E-state index is 0.108. The van der Waals surface area contributed by atoms with Gasteiger partial charge in [-0.25, -0.2) is 4.79 Å². The van der Waals surface area contributed by atoms with Crippen LogP contribution in [-0.2, 0) is 16.1 Å². The number of nitrogens with one attached hydrogen (secondary N) is 1. The van der Waals surface area contributed by atoms with Crippen LogP contribution in [0.2, 0.25) is 0 Å². The minimum Gasteiger partial charge on any atom is -0.445 e. The fourth-order valence-electron chi connectivity index (χ4n) is 2.62. The number of ether oxygens (including phenoxy) is 2. The van der Waals surface area contributed by atoms with E-state index >= 15 is 0 Å². The second kappa shape index (κ2) is 5.59. The summed E-state index contributed by atoms with van der Waals surface area (Å²) in [5.41, 5.74) is 1.00. The molecular weight excluding hydrogens is 244 g/mol. The van der Waals surface area contributed by atoms with E-state index in [0.29, 0.717) is 19.8 Å². The van der Waals surface area contributed by atoms with E-state index in [4.69, 9.17) is 9.47 Å². The molecule has 0 spiro atoms. The molecule has 2 fully saturated rings. The summed E-state index contributed by atoms with van der Waals surface area (Å²) < 4.78 is 11.0. The van der Waals surface area contributed by atoms with Gasteiger partial charge in [-0.3, -0.25) is 4.90 Å². The predicted molar refractivity (Wildman–Crippen MR) is 69.7 cm³/mol. The normalized spacial score (nSPS) is 26.0. The summed E-state index contributed by atoms with van der Waals surface area (Å²) in [5.74, 6) is 0. The van der Waals surface area contributed by atoms with Crippen molar-refractivity contribution in [2.75, 3.05) is 26.2 Å². The molecule has 3 rings (SSSR count). The van der Waals surface area contributed by atoms with Gasteiger partial charge >= 0.3 is 6.09 Å². The average Bonchev–Trinajstić information content (AvgIpc) is 2.94. The molecule has 2 aliphatic heterocycles. The van der Waals surface area contributed by atoms with E-state index in [1.54, 1.807) is 4.90 Å². The molecule has 2 atom stereocenters. The van der Waals surface area contributed by atoms with Crippen molar-refractivity contribution >= 4 is 6.09 Å². The molecule has 1 aromatic rings. The van der Waals surface area contributed by atoms with Crippen LogP contribution in [0.15, 0.2) is 30.3 Å². The molecule has 0 aromatic heterocycles. The first-order chi connectivity index (χ1) is 9.34. The predicted octanol–water partition coefficient (Wildman–Crippen LogP) is 0.996. The quantitative estimate of drug-likeness (QED) is 0.863. The Morgan fingerprint density at radius 1 is 1.37 bits per heavy atom. The molecule has 2 aliphatic rings. The molecule has 1 amide bonds. The van der Waals surface area contributed by atoms with Crippen LogP contribution in [0, 0.1) is 0 Å². The van der Waals surface area contributed by atoms with Gasteiger partial charge in [0, 0.05) is 19.6 Å². The van der Waals surface area contributed by atoms with Gasteiger partial charge in [0.05, 0.1) is 18.8 Å². The zero-order valence-corrected chi connectivity index (χ0v) is 10.7. The Labute approximate surface area is 112 Å². The third kappa shape index (κ3) is 2.72. The number of morpholine rings is 1. The van der Waals surface area contributed by atoms with Crippen molar-refractivity contribution in [1.82, 2.24) is 10.2 Å². The van der Waals surface area contributed by atoms with Crippen molar-refractivity contribution in [3.8, 4) is 0 Å². The highest BCUT2D eigenvalue weighted by atomic mass is 16.6. The van der Waals surface area contributed by atoms with Gasteiger partial charge in [-0.1, -0.05) is 30.3 Å². The first-order valence-electron chi connectivity index (χ1n) is 6.64. The van der Waals surface area contributed by atoms with Gasteiger partial charge in [0.25, 0.3) is 0 Å². The number of fused-ring (bicyclic) bond motifs is 1. The summed E-state index contributed by atoms with van der Waals surface area (Å²) in [6.07, 6.45) is -0.135. The molecule has 1 aromatic carbocycles. The third-order valence-electron chi connectivity index (χ3n) is 3.63. The maximum Gasteiger partial charge on any atom is 0.410 e. The first-order valence-corrected chi connectivity index (χ1v) is 6.64. The summed E-state index contributed by atoms with van der Waals surface area (Å²) >= 11 is 0. The lowest BCUT2D eigenvalue weighted by Gasteiger charge is -2.36. The number of rotatable bonds is 2. The van der Waals surface area contributed by atoms with E-state index in [1.807, 2.05) is 30.3 Å². The molecule has 2 unspecified atom stereocenters. The lowest BCUT2D eigenvalue weighted by atomic mass is 10.1. The van der Waals surface area contributed by atoms with Crippen molar-refractivity contribution in [2.24, 2.45) is 0 Å². The van der Waals surface area contributed by atoms with Crippen molar-refractivity contribution in [3.63, 3.8) is 0 Å². The van der Waals surface area contributed by atoms with Crippen LogP contribution in [0.5, 0.6) is 0 Å². The average molecular weight is 262 g/mol. The maximum atomic E-state index is 12.1. The minimum atomic E-state index is -0.245. The fourth-order valence-corrected chi connectivity index (χ4v) is 2.62. The Balaban J connectivity index is 1.57. The summed E-state index contributed by atoms with van der Waals surface area (Å²) in [5, 5.41) is 3.25. The molecule has 0 radical (unpaired) electrons. The second-order valence-corrected chi connectivity index (χ2v) is 4.87. The zero-order valence-electron chi connectivity index (χ0n) is 10.7. The topological polar surface area (TPSA) is 50.8 Å². The highest BCUT2D eigenvalue weighted by Gasteiger charge is 2.39. The lowest BCUT2D eigenvalue weighted by Crippen LogP contribution is -2.53. The number of carbonyl (C=O) groups is 1. The van der Waals surface area contributed by atoms with Crippen molar-refractivity contribution in [3.05, 3.63) is 35.9 Å². The van der Waals surface area contributed by atoms with Gasteiger partial charge < -0.3 is 14.8 Å². The van der Waals surface area contributed by atoms with E-state index in [2.05, 4.69) is 5.32 Å². The van der Waals surface area contributed by atoms with E-state index in [-0.39, 0.29) is 18.2 Å².